The third kappa shape index (κ3) is 3.81. The van der Waals surface area contributed by atoms with Crippen LogP contribution in [0.3, 0.4) is 0 Å². The van der Waals surface area contributed by atoms with Crippen LogP contribution in [-0.2, 0) is 0 Å². The third-order valence-electron chi connectivity index (χ3n) is 7.42. The Morgan fingerprint density at radius 3 is 2.61 bits per heavy atom. The summed E-state index contributed by atoms with van der Waals surface area (Å²) in [5.74, 6) is 1.68. The lowest BCUT2D eigenvalue weighted by molar-refractivity contribution is -0.173. The van der Waals surface area contributed by atoms with Gasteiger partial charge in [-0.05, 0) is 49.5 Å². The molecular weight excluding hydrogens is 405 g/mol. The number of nitrogens with one attached hydrogen (secondary N) is 2. The molecule has 1 aromatic heterocycles. The number of amides is 1. The smallest absolute Gasteiger partial charge is 0.363 e. The van der Waals surface area contributed by atoms with Crippen molar-refractivity contribution < 1.29 is 18.0 Å². The van der Waals surface area contributed by atoms with E-state index >= 15 is 0 Å². The fraction of sp³-hybridized carbons (Fsp3) is 0.565. The Hall–Kier alpha value is -2.51. The summed E-state index contributed by atoms with van der Waals surface area (Å²) in [6.07, 6.45) is 0.226. The molecular formula is C23H27F3N4O. The van der Waals surface area contributed by atoms with E-state index in [0.717, 1.165) is 22.6 Å². The van der Waals surface area contributed by atoms with Gasteiger partial charge in [0.15, 0.2) is 11.7 Å². The van der Waals surface area contributed by atoms with Crippen LogP contribution in [0.15, 0.2) is 36.4 Å². The third-order valence-corrected chi connectivity index (χ3v) is 7.42. The predicted octanol–water partition coefficient (Wildman–Crippen LogP) is 5.10. The zero-order chi connectivity index (χ0) is 21.8. The summed E-state index contributed by atoms with van der Waals surface area (Å²) < 4.78 is 42.4. The van der Waals surface area contributed by atoms with Crippen molar-refractivity contribution >= 4 is 11.7 Å². The number of fused-ring (bicyclic) bond motifs is 3. The van der Waals surface area contributed by atoms with E-state index in [-0.39, 0.29) is 24.0 Å². The first-order valence-corrected chi connectivity index (χ1v) is 11.1. The SMILES string of the molecule is C[C@H](NC(=O)c1cc2n(n1)[C@H](C(F)(F)F)C[C@H](c1ccccc1)N2)[C@H]1C[C@H]2CC[C@H]1C2. The maximum absolute atomic E-state index is 13.8. The topological polar surface area (TPSA) is 59.0 Å². The number of aromatic nitrogens is 2. The van der Waals surface area contributed by atoms with E-state index in [1.165, 1.54) is 25.3 Å². The van der Waals surface area contributed by atoms with Gasteiger partial charge in [0.1, 0.15) is 5.82 Å². The first-order chi connectivity index (χ1) is 14.8. The molecule has 166 valence electrons. The zero-order valence-corrected chi connectivity index (χ0v) is 17.4. The van der Waals surface area contributed by atoms with E-state index in [4.69, 9.17) is 0 Å². The monoisotopic (exact) mass is 432 g/mol. The van der Waals surface area contributed by atoms with Gasteiger partial charge in [0.25, 0.3) is 5.91 Å². The second kappa shape index (κ2) is 7.57. The molecule has 0 unspecified atom stereocenters. The molecule has 2 saturated carbocycles. The molecule has 2 fully saturated rings. The van der Waals surface area contributed by atoms with Crippen LogP contribution in [0.1, 0.15) is 67.2 Å². The van der Waals surface area contributed by atoms with Crippen molar-refractivity contribution in [1.82, 2.24) is 15.1 Å². The minimum Gasteiger partial charge on any atom is -0.363 e. The normalized spacial score (nSPS) is 30.5. The molecule has 8 heteroatoms. The minimum absolute atomic E-state index is 0.00929. The van der Waals surface area contributed by atoms with Crippen molar-refractivity contribution in [1.29, 1.82) is 0 Å². The van der Waals surface area contributed by atoms with Crippen LogP contribution in [0.4, 0.5) is 19.0 Å². The van der Waals surface area contributed by atoms with Crippen LogP contribution in [-0.4, -0.2) is 27.9 Å². The number of hydrogen-bond donors (Lipinski definition) is 2. The second-order valence-corrected chi connectivity index (χ2v) is 9.36. The molecule has 0 saturated heterocycles. The van der Waals surface area contributed by atoms with Gasteiger partial charge in [0.05, 0.1) is 6.04 Å². The molecule has 2 N–H and O–H groups in total. The highest BCUT2D eigenvalue weighted by Crippen LogP contribution is 2.49. The maximum atomic E-state index is 13.8. The molecule has 1 amide bonds. The molecule has 3 aliphatic rings. The molecule has 2 aromatic rings. The van der Waals surface area contributed by atoms with Crippen LogP contribution < -0.4 is 10.6 Å². The summed E-state index contributed by atoms with van der Waals surface area (Å²) >= 11 is 0. The van der Waals surface area contributed by atoms with E-state index in [0.29, 0.717) is 11.8 Å². The number of halogens is 3. The standard InChI is InChI=1S/C23H27F3N4O/c1-13(17-10-14-7-8-16(17)9-14)27-22(31)19-12-21-28-18(15-5-3-2-4-6-15)11-20(23(24,25)26)30(21)29-19/h2-6,12-14,16-18,20,28H,7-11H2,1H3,(H,27,31)/t13-,14-,16-,17+,18+,20-/m0/s1. The number of benzene rings is 1. The zero-order valence-electron chi connectivity index (χ0n) is 17.4. The maximum Gasteiger partial charge on any atom is 0.410 e. The largest absolute Gasteiger partial charge is 0.410 e. The molecule has 0 spiro atoms. The van der Waals surface area contributed by atoms with Crippen LogP contribution >= 0.6 is 0 Å². The van der Waals surface area contributed by atoms with Crippen molar-refractivity contribution in [2.75, 3.05) is 5.32 Å². The van der Waals surface area contributed by atoms with Gasteiger partial charge in [-0.25, -0.2) is 4.68 Å². The van der Waals surface area contributed by atoms with Gasteiger partial charge >= 0.3 is 6.18 Å². The number of anilines is 1. The fourth-order valence-corrected chi connectivity index (χ4v) is 5.88. The summed E-state index contributed by atoms with van der Waals surface area (Å²) in [5.41, 5.74) is 0.806. The van der Waals surface area contributed by atoms with Gasteiger partial charge in [-0.2, -0.15) is 18.3 Å². The van der Waals surface area contributed by atoms with Crippen molar-refractivity contribution in [3.63, 3.8) is 0 Å². The first-order valence-electron chi connectivity index (χ1n) is 11.1. The average Bonchev–Trinajstić information content (AvgIpc) is 3.48. The molecule has 6 atom stereocenters. The van der Waals surface area contributed by atoms with Crippen LogP contribution in [0, 0.1) is 17.8 Å². The number of alkyl halides is 3. The van der Waals surface area contributed by atoms with E-state index in [2.05, 4.69) is 15.7 Å². The quantitative estimate of drug-likeness (QED) is 0.707. The van der Waals surface area contributed by atoms with E-state index in [1.54, 1.807) is 0 Å². The van der Waals surface area contributed by atoms with Crippen LogP contribution in [0.5, 0.6) is 0 Å². The minimum atomic E-state index is -4.46. The van der Waals surface area contributed by atoms with Gasteiger partial charge in [-0.3, -0.25) is 4.79 Å². The highest BCUT2D eigenvalue weighted by Gasteiger charge is 2.47. The van der Waals surface area contributed by atoms with Crippen molar-refractivity contribution in [3.8, 4) is 0 Å². The lowest BCUT2D eigenvalue weighted by atomic mass is 9.84. The molecule has 31 heavy (non-hydrogen) atoms. The Labute approximate surface area is 179 Å². The van der Waals surface area contributed by atoms with Crippen molar-refractivity contribution in [3.05, 3.63) is 47.7 Å². The Bertz CT molecular complexity index is 957. The number of carbonyl (C=O) groups is 1. The molecule has 2 aliphatic carbocycles. The lowest BCUT2D eigenvalue weighted by Crippen LogP contribution is -2.40. The molecule has 2 heterocycles. The number of nitrogens with zero attached hydrogens (tertiary/aromatic N) is 2. The first kappa shape index (κ1) is 20.4. The molecule has 5 nitrogen and oxygen atoms in total. The molecule has 2 bridgehead atoms. The summed E-state index contributed by atoms with van der Waals surface area (Å²) in [6, 6.07) is 8.21. The fourth-order valence-electron chi connectivity index (χ4n) is 5.88. The van der Waals surface area contributed by atoms with E-state index in [1.807, 2.05) is 37.3 Å². The summed E-state index contributed by atoms with van der Waals surface area (Å²) in [7, 11) is 0. The highest BCUT2D eigenvalue weighted by molar-refractivity contribution is 5.93. The van der Waals surface area contributed by atoms with Crippen molar-refractivity contribution in [2.24, 2.45) is 17.8 Å². The highest BCUT2D eigenvalue weighted by atomic mass is 19.4. The summed E-state index contributed by atoms with van der Waals surface area (Å²) in [4.78, 5) is 12.8. The van der Waals surface area contributed by atoms with Crippen LogP contribution in [0.2, 0.25) is 0 Å². The second-order valence-electron chi connectivity index (χ2n) is 9.36. The van der Waals surface area contributed by atoms with Gasteiger partial charge in [0.2, 0.25) is 0 Å². The number of hydrogen-bond acceptors (Lipinski definition) is 3. The van der Waals surface area contributed by atoms with Gasteiger partial charge in [0, 0.05) is 18.5 Å². The number of rotatable bonds is 4. The van der Waals surface area contributed by atoms with Crippen LogP contribution in [0.25, 0.3) is 0 Å². The Morgan fingerprint density at radius 1 is 1.19 bits per heavy atom. The molecule has 1 aliphatic heterocycles. The predicted molar refractivity (Wildman–Crippen MR) is 111 cm³/mol. The molecule has 0 radical (unpaired) electrons. The van der Waals surface area contributed by atoms with Gasteiger partial charge in [-0.1, -0.05) is 36.8 Å². The number of carbonyl (C=O) groups excluding carboxylic acids is 1. The van der Waals surface area contributed by atoms with Crippen molar-refractivity contribution in [2.45, 2.75) is 63.3 Å². The lowest BCUT2D eigenvalue weighted by Gasteiger charge is -2.33. The van der Waals surface area contributed by atoms with E-state index in [9.17, 15) is 18.0 Å². The summed E-state index contributed by atoms with van der Waals surface area (Å²) in [5, 5.41) is 10.2. The molecule has 1 aromatic carbocycles. The Morgan fingerprint density at radius 2 is 1.97 bits per heavy atom. The van der Waals surface area contributed by atoms with Gasteiger partial charge < -0.3 is 10.6 Å². The summed E-state index contributed by atoms with van der Waals surface area (Å²) in [6.45, 7) is 2.00. The Balaban J connectivity index is 1.36. The van der Waals surface area contributed by atoms with Gasteiger partial charge in [-0.15, -0.1) is 0 Å². The Kier molecular flexibility index (Phi) is 4.98. The molecule has 5 rings (SSSR count). The van der Waals surface area contributed by atoms with E-state index < -0.39 is 24.2 Å². The average molecular weight is 432 g/mol.